The number of fused-ring (bicyclic) bond motifs is 3. The lowest BCUT2D eigenvalue weighted by Gasteiger charge is -2.22. The first-order valence-corrected chi connectivity index (χ1v) is 42.2. The van der Waals surface area contributed by atoms with Crippen LogP contribution >= 0.6 is 0 Å². The van der Waals surface area contributed by atoms with Crippen LogP contribution in [-0.4, -0.2) is 123 Å². The van der Waals surface area contributed by atoms with Crippen molar-refractivity contribution >= 4 is 74.9 Å². The molecule has 7 aliphatic rings. The molecule has 2 aliphatic carbocycles. The maximum atomic E-state index is 11.7. The van der Waals surface area contributed by atoms with Crippen LogP contribution in [0.15, 0.2) is 277 Å². The van der Waals surface area contributed by atoms with Crippen LogP contribution in [-0.2, 0) is 107 Å². The van der Waals surface area contributed by atoms with E-state index in [1.54, 1.807) is 63.0 Å². The maximum Gasteiger partial charge on any atom is 0.334 e. The molecular formula is C106H112O19. The summed E-state index contributed by atoms with van der Waals surface area (Å²) in [4.78, 5) is 69.2. The molecule has 19 heteroatoms. The highest BCUT2D eigenvalue weighted by atomic mass is 16.6. The van der Waals surface area contributed by atoms with Crippen LogP contribution in [0.2, 0.25) is 0 Å². The van der Waals surface area contributed by atoms with Crippen LogP contribution in [0.1, 0.15) is 142 Å². The predicted octanol–water partition coefficient (Wildman–Crippen LogP) is 20.7. The fraction of sp³-hybridized carbons (Fsp3) is 0.302. The number of allylic oxidation sites excluding steroid dienone is 2. The molecule has 0 amide bonds. The third-order valence-corrected chi connectivity index (χ3v) is 22.7. The molecule has 6 atom stereocenters. The lowest BCUT2D eigenvalue weighted by Crippen LogP contribution is -2.23. The minimum atomic E-state index is -0.370. The first kappa shape index (κ1) is 92.3. The molecule has 19 nitrogen and oxygen atoms in total. The monoisotopic (exact) mass is 1690 g/mol. The molecule has 6 unspecified atom stereocenters. The smallest absolute Gasteiger partial charge is 0.334 e. The molecule has 0 fully saturated rings. The van der Waals surface area contributed by atoms with Crippen molar-refractivity contribution in [1.82, 2.24) is 0 Å². The SMILES string of the molecule is COC1=CC(=O)CC(c2ccc3c(c2)CCC3)C1.COC1=CC(=O)OC(/C=C/c2cc(C)c(C)c(OC)c2)C1.COC1=CC(=O)OC(/C=C/c2cccc3ccccc23)C1.COC1=CC(=O)OC(C=C(c2ccccc2)c2ccccc2)C1.COC1=CC(=O)OC(CCc2cc(C)c(C)c(OC)c2)C1.COC1=CC(=O)OC(CCc2cccc3ccccc23)C1. The molecule has 0 N–H and O–H groups in total. The minimum Gasteiger partial charge on any atom is -0.501 e. The van der Waals surface area contributed by atoms with E-state index < -0.39 is 0 Å². The zero-order valence-corrected chi connectivity index (χ0v) is 73.4. The number of methoxy groups -OCH3 is 8. The van der Waals surface area contributed by atoms with Crippen LogP contribution in [0.5, 0.6) is 11.5 Å². The summed E-state index contributed by atoms with van der Waals surface area (Å²) in [6.45, 7) is 8.20. The van der Waals surface area contributed by atoms with E-state index in [1.807, 2.05) is 111 Å². The van der Waals surface area contributed by atoms with Crippen LogP contribution in [0.25, 0.3) is 39.3 Å². The Morgan fingerprint density at radius 3 is 1.38 bits per heavy atom. The molecule has 0 radical (unpaired) electrons. The third kappa shape index (κ3) is 27.0. The second-order valence-electron chi connectivity index (χ2n) is 31.1. The first-order chi connectivity index (χ1) is 60.6. The van der Waals surface area contributed by atoms with Crippen molar-refractivity contribution in [1.29, 1.82) is 0 Å². The number of esters is 5. The Labute approximate surface area is 733 Å². The number of ketones is 1. The van der Waals surface area contributed by atoms with E-state index in [2.05, 4.69) is 135 Å². The maximum absolute atomic E-state index is 11.7. The lowest BCUT2D eigenvalue weighted by atomic mass is 9.85. The van der Waals surface area contributed by atoms with Crippen molar-refractivity contribution in [3.63, 3.8) is 0 Å². The zero-order valence-electron chi connectivity index (χ0n) is 73.4. The van der Waals surface area contributed by atoms with Crippen LogP contribution in [0, 0.1) is 27.7 Å². The molecule has 9 aromatic rings. The van der Waals surface area contributed by atoms with Crippen LogP contribution in [0.4, 0.5) is 0 Å². The fourth-order valence-corrected chi connectivity index (χ4v) is 15.7. The van der Waals surface area contributed by atoms with Gasteiger partial charge in [-0.3, -0.25) is 4.79 Å². The Kier molecular flexibility index (Phi) is 34.1. The van der Waals surface area contributed by atoms with E-state index in [0.29, 0.717) is 73.2 Å². The molecule has 0 aromatic heterocycles. The number of benzene rings is 9. The second-order valence-corrected chi connectivity index (χ2v) is 31.1. The summed E-state index contributed by atoms with van der Waals surface area (Å²) >= 11 is 0. The number of hydrogen-bond donors (Lipinski definition) is 0. The van der Waals surface area contributed by atoms with Gasteiger partial charge >= 0.3 is 29.8 Å². The van der Waals surface area contributed by atoms with Gasteiger partial charge in [0.25, 0.3) is 0 Å². The van der Waals surface area contributed by atoms with Crippen molar-refractivity contribution in [2.75, 3.05) is 56.9 Å². The summed E-state index contributed by atoms with van der Waals surface area (Å²) in [5.74, 6) is 4.66. The Hall–Kier alpha value is -13.4. The summed E-state index contributed by atoms with van der Waals surface area (Å²) in [6, 6.07) is 64.2. The van der Waals surface area contributed by atoms with E-state index >= 15 is 0 Å². The highest BCUT2D eigenvalue weighted by Crippen LogP contribution is 2.37. The molecular weight excluding hydrogens is 1580 g/mol. The predicted molar refractivity (Wildman–Crippen MR) is 486 cm³/mol. The Morgan fingerprint density at radius 2 is 0.824 bits per heavy atom. The summed E-state index contributed by atoms with van der Waals surface area (Å²) in [6.07, 6.45) is 28.6. The summed E-state index contributed by atoms with van der Waals surface area (Å²) in [5, 5.41) is 4.89. The van der Waals surface area contributed by atoms with Crippen molar-refractivity contribution in [2.24, 2.45) is 0 Å². The summed E-state index contributed by atoms with van der Waals surface area (Å²) in [5.41, 5.74) is 16.7. The minimum absolute atomic E-state index is 0.101. The number of rotatable bonds is 22. The van der Waals surface area contributed by atoms with Crippen molar-refractivity contribution in [3.8, 4) is 11.5 Å². The summed E-state index contributed by atoms with van der Waals surface area (Å²) in [7, 11) is 12.8. The van der Waals surface area contributed by atoms with Crippen LogP contribution < -0.4 is 9.47 Å². The molecule has 125 heavy (non-hydrogen) atoms. The van der Waals surface area contributed by atoms with Gasteiger partial charge in [-0.1, -0.05) is 188 Å². The normalized spacial score (nSPS) is 18.7. The number of aryl methyl sites for hydroxylation is 6. The van der Waals surface area contributed by atoms with Gasteiger partial charge in [0.1, 0.15) is 70.8 Å². The highest BCUT2D eigenvalue weighted by Gasteiger charge is 2.29. The van der Waals surface area contributed by atoms with Crippen LogP contribution in [0.3, 0.4) is 0 Å². The van der Waals surface area contributed by atoms with Crippen molar-refractivity contribution in [3.05, 3.63) is 350 Å². The van der Waals surface area contributed by atoms with Gasteiger partial charge in [0.05, 0.1) is 93.0 Å². The van der Waals surface area contributed by atoms with E-state index in [1.165, 1.54) is 105 Å². The first-order valence-electron chi connectivity index (χ1n) is 42.2. The molecule has 9 aromatic carbocycles. The van der Waals surface area contributed by atoms with Gasteiger partial charge in [0.15, 0.2) is 5.78 Å². The Morgan fingerprint density at radius 1 is 0.376 bits per heavy atom. The number of carbonyl (C=O) groups excluding carboxylic acids is 6. The van der Waals surface area contributed by atoms with Gasteiger partial charge < -0.3 is 61.6 Å². The molecule has 16 rings (SSSR count). The average Bonchev–Trinajstić information content (AvgIpc) is 1.63. The van der Waals surface area contributed by atoms with E-state index in [9.17, 15) is 28.8 Å². The van der Waals surface area contributed by atoms with Crippen molar-refractivity contribution < 1.29 is 90.3 Å². The third-order valence-electron chi connectivity index (χ3n) is 22.7. The van der Waals surface area contributed by atoms with Gasteiger partial charge in [-0.2, -0.15) is 0 Å². The van der Waals surface area contributed by atoms with Gasteiger partial charge in [-0.15, -0.1) is 0 Å². The molecule has 650 valence electrons. The Balaban J connectivity index is 0.000000146. The number of ether oxygens (including phenoxy) is 13. The molecule has 0 spiro atoms. The largest absolute Gasteiger partial charge is 0.501 e. The van der Waals surface area contributed by atoms with Gasteiger partial charge in [-0.25, -0.2) is 24.0 Å². The molecule has 5 aliphatic heterocycles. The molecule has 0 saturated heterocycles. The summed E-state index contributed by atoms with van der Waals surface area (Å²) < 4.78 is 68.4. The second kappa shape index (κ2) is 46.2. The van der Waals surface area contributed by atoms with E-state index in [-0.39, 0.29) is 66.1 Å². The number of hydrogen-bond acceptors (Lipinski definition) is 19. The van der Waals surface area contributed by atoms with Gasteiger partial charge in [0.2, 0.25) is 0 Å². The van der Waals surface area contributed by atoms with Crippen molar-refractivity contribution in [2.45, 2.75) is 154 Å². The zero-order chi connectivity index (χ0) is 88.7. The van der Waals surface area contributed by atoms with E-state index in [0.717, 1.165) is 93.9 Å². The van der Waals surface area contributed by atoms with Gasteiger partial charge in [-0.05, 0) is 208 Å². The fourth-order valence-electron chi connectivity index (χ4n) is 15.7. The number of carbonyl (C=O) groups is 6. The molecule has 0 bridgehead atoms. The molecule has 0 saturated carbocycles. The standard InChI is InChI=1S/C20H18O3.C18H18O3.C18H16O3.C17H22O4.C17H20O4.C16H18O2/c1-22-17-12-18(23-20(21)14-17)13-19(15-8-4-2-5-9-15)16-10-6-3-7-11-16;2*1-20-16-11-15(21-18(19)12-16)10-9-14-7-4-6-13-5-2-3-8-17(13)14;2*1-11-7-13(8-16(20-4)12(11)2)5-6-14-9-15(19-3)10-17(18)21-14;1-18-16-9-14(8-15(17)10-16)13-6-5-11-3-2-4-12(11)7-13/h2-11,13-14,18H,12H2,1H3;2-8,12,15H,9-11H2,1H3;2-10,12,15H,11H2,1H3;7-8,10,14H,5-6,9H2,1-4H3;5-8,10,14H,9H2,1-4H3;5-7,10,14H,2-4,8-9H2,1H3/b;;10-9+;;6-5+;. The van der Waals surface area contributed by atoms with Gasteiger partial charge in [0, 0.05) is 51.0 Å². The quantitative estimate of drug-likeness (QED) is 0.0454. The average molecular weight is 1690 g/mol. The van der Waals surface area contributed by atoms with E-state index in [4.69, 9.17) is 61.6 Å². The highest BCUT2D eigenvalue weighted by molar-refractivity contribution is 5.93. The lowest BCUT2D eigenvalue weighted by molar-refractivity contribution is -0.146. The molecule has 5 heterocycles. The topological polar surface area (TPSA) is 222 Å². The Bertz CT molecular complexity index is 5530. The number of cyclic esters (lactones) is 5.